The molecule has 3 aliphatic rings. The topological polar surface area (TPSA) is 41.6 Å². The van der Waals surface area contributed by atoms with Crippen molar-refractivity contribution in [1.82, 2.24) is 10.2 Å². The minimum atomic E-state index is 0.116. The Bertz CT molecular complexity index is 294. The normalized spacial score (nSPS) is 41.6. The number of nitrogens with zero attached hydrogens (tertiary/aromatic N) is 1. The van der Waals surface area contributed by atoms with Crippen LogP contribution in [-0.2, 0) is 9.53 Å². The molecule has 3 rings (SSSR count). The van der Waals surface area contributed by atoms with E-state index < -0.39 is 0 Å². The molecule has 4 unspecified atom stereocenters. The second-order valence-corrected chi connectivity index (χ2v) is 5.78. The molecule has 1 amide bonds. The summed E-state index contributed by atoms with van der Waals surface area (Å²) < 4.78 is 5.50. The third kappa shape index (κ3) is 2.20. The van der Waals surface area contributed by atoms with Crippen molar-refractivity contribution < 1.29 is 9.53 Å². The third-order valence-corrected chi connectivity index (χ3v) is 4.46. The maximum Gasteiger partial charge on any atom is 0.228 e. The highest BCUT2D eigenvalue weighted by Gasteiger charge is 2.39. The molecule has 0 bridgehead atoms. The molecule has 0 radical (unpaired) electrons. The van der Waals surface area contributed by atoms with Gasteiger partial charge in [-0.3, -0.25) is 4.79 Å². The number of carbonyl (C=O) groups excluding carboxylic acids is 1. The lowest BCUT2D eigenvalue weighted by atomic mass is 9.94. The van der Waals surface area contributed by atoms with Crippen LogP contribution in [0, 0.1) is 11.8 Å². The highest BCUT2D eigenvalue weighted by molar-refractivity contribution is 5.79. The lowest BCUT2D eigenvalue weighted by Gasteiger charge is -2.24. The molecule has 3 fully saturated rings. The van der Waals surface area contributed by atoms with E-state index in [0.29, 0.717) is 24.5 Å². The molecular formula is C13H22N2O2. The Morgan fingerprint density at radius 2 is 2.29 bits per heavy atom. The minimum Gasteiger partial charge on any atom is -0.378 e. The Balaban J connectivity index is 1.60. The Morgan fingerprint density at radius 3 is 3.00 bits per heavy atom. The van der Waals surface area contributed by atoms with E-state index in [2.05, 4.69) is 17.1 Å². The van der Waals surface area contributed by atoms with Crippen LogP contribution in [0.5, 0.6) is 0 Å². The fourth-order valence-corrected chi connectivity index (χ4v) is 3.47. The summed E-state index contributed by atoms with van der Waals surface area (Å²) in [6.07, 6.45) is 3.69. The number of piperidine rings is 1. The molecule has 3 aliphatic heterocycles. The Labute approximate surface area is 103 Å². The number of likely N-dealkylation sites (tertiary alicyclic amines) is 1. The first-order chi connectivity index (χ1) is 8.24. The Kier molecular flexibility index (Phi) is 3.09. The fourth-order valence-electron chi connectivity index (χ4n) is 3.47. The van der Waals surface area contributed by atoms with Crippen LogP contribution in [-0.4, -0.2) is 49.2 Å². The summed E-state index contributed by atoms with van der Waals surface area (Å²) >= 11 is 0. The predicted molar refractivity (Wildman–Crippen MR) is 64.6 cm³/mol. The van der Waals surface area contributed by atoms with Crippen molar-refractivity contribution >= 4 is 5.91 Å². The summed E-state index contributed by atoms with van der Waals surface area (Å²) in [5, 5.41) is 3.54. The Morgan fingerprint density at radius 1 is 1.41 bits per heavy atom. The molecule has 3 saturated heterocycles. The number of hydrogen-bond donors (Lipinski definition) is 1. The zero-order chi connectivity index (χ0) is 11.8. The van der Waals surface area contributed by atoms with Gasteiger partial charge in [0.05, 0.1) is 18.6 Å². The quantitative estimate of drug-likeness (QED) is 0.728. The maximum absolute atomic E-state index is 12.4. The lowest BCUT2D eigenvalue weighted by molar-refractivity contribution is -0.134. The number of hydrogen-bond acceptors (Lipinski definition) is 3. The zero-order valence-corrected chi connectivity index (χ0v) is 10.5. The highest BCUT2D eigenvalue weighted by atomic mass is 16.5. The molecule has 0 spiro atoms. The van der Waals surface area contributed by atoms with Gasteiger partial charge >= 0.3 is 0 Å². The smallest absolute Gasteiger partial charge is 0.228 e. The van der Waals surface area contributed by atoms with E-state index in [9.17, 15) is 4.79 Å². The van der Waals surface area contributed by atoms with E-state index in [4.69, 9.17) is 4.74 Å². The molecule has 0 aliphatic carbocycles. The van der Waals surface area contributed by atoms with Crippen LogP contribution in [0.4, 0.5) is 0 Å². The van der Waals surface area contributed by atoms with Gasteiger partial charge in [-0.05, 0) is 38.6 Å². The molecule has 1 N–H and O–H groups in total. The van der Waals surface area contributed by atoms with E-state index in [0.717, 1.165) is 26.1 Å². The van der Waals surface area contributed by atoms with Gasteiger partial charge in [-0.15, -0.1) is 0 Å². The second-order valence-electron chi connectivity index (χ2n) is 5.78. The molecule has 0 aromatic carbocycles. The third-order valence-electron chi connectivity index (χ3n) is 4.46. The number of ether oxygens (including phenoxy) is 1. The average molecular weight is 238 g/mol. The number of amides is 1. The first-order valence-corrected chi connectivity index (χ1v) is 6.88. The van der Waals surface area contributed by atoms with Gasteiger partial charge in [0.15, 0.2) is 0 Å². The summed E-state index contributed by atoms with van der Waals surface area (Å²) in [7, 11) is 0. The molecule has 0 aromatic rings. The van der Waals surface area contributed by atoms with Crippen molar-refractivity contribution in [2.45, 2.75) is 38.3 Å². The molecule has 4 atom stereocenters. The maximum atomic E-state index is 12.4. The van der Waals surface area contributed by atoms with Crippen LogP contribution in [0.1, 0.15) is 26.2 Å². The number of carbonyl (C=O) groups is 1. The van der Waals surface area contributed by atoms with Crippen LogP contribution in [0.25, 0.3) is 0 Å². The van der Waals surface area contributed by atoms with Crippen molar-refractivity contribution in [3.05, 3.63) is 0 Å². The van der Waals surface area contributed by atoms with Crippen molar-refractivity contribution in [2.24, 2.45) is 11.8 Å². The van der Waals surface area contributed by atoms with Crippen LogP contribution in [0.3, 0.4) is 0 Å². The molecular weight excluding hydrogens is 216 g/mol. The SMILES string of the molecule is CC1CC(C(=O)N2CC3CCCNC3C2)CO1. The largest absolute Gasteiger partial charge is 0.378 e. The molecule has 0 aromatic heterocycles. The van der Waals surface area contributed by atoms with Crippen LogP contribution >= 0.6 is 0 Å². The van der Waals surface area contributed by atoms with Gasteiger partial charge < -0.3 is 15.0 Å². The van der Waals surface area contributed by atoms with Gasteiger partial charge in [-0.25, -0.2) is 0 Å². The van der Waals surface area contributed by atoms with Crippen LogP contribution < -0.4 is 5.32 Å². The molecule has 3 heterocycles. The number of fused-ring (bicyclic) bond motifs is 1. The van der Waals surface area contributed by atoms with E-state index >= 15 is 0 Å². The van der Waals surface area contributed by atoms with Gasteiger partial charge in [0.25, 0.3) is 0 Å². The zero-order valence-electron chi connectivity index (χ0n) is 10.5. The summed E-state index contributed by atoms with van der Waals surface area (Å²) in [6, 6.07) is 0.549. The van der Waals surface area contributed by atoms with E-state index in [1.165, 1.54) is 12.8 Å². The molecule has 96 valence electrons. The van der Waals surface area contributed by atoms with Gasteiger partial charge in [0.1, 0.15) is 0 Å². The molecule has 4 nitrogen and oxygen atoms in total. The van der Waals surface area contributed by atoms with Gasteiger partial charge in [0, 0.05) is 19.1 Å². The van der Waals surface area contributed by atoms with Crippen molar-refractivity contribution in [2.75, 3.05) is 26.2 Å². The van der Waals surface area contributed by atoms with Gasteiger partial charge in [0.2, 0.25) is 5.91 Å². The lowest BCUT2D eigenvalue weighted by Crippen LogP contribution is -2.41. The summed E-state index contributed by atoms with van der Waals surface area (Å²) in [6.45, 7) is 5.67. The predicted octanol–water partition coefficient (Wildman–Crippen LogP) is 0.622. The highest BCUT2D eigenvalue weighted by Crippen LogP contribution is 2.28. The van der Waals surface area contributed by atoms with Crippen LogP contribution in [0.15, 0.2) is 0 Å². The van der Waals surface area contributed by atoms with E-state index in [1.54, 1.807) is 0 Å². The van der Waals surface area contributed by atoms with Crippen molar-refractivity contribution in [1.29, 1.82) is 0 Å². The molecule has 17 heavy (non-hydrogen) atoms. The number of nitrogens with one attached hydrogen (secondary N) is 1. The fraction of sp³-hybridized carbons (Fsp3) is 0.923. The Hall–Kier alpha value is -0.610. The monoisotopic (exact) mass is 238 g/mol. The van der Waals surface area contributed by atoms with Crippen molar-refractivity contribution in [3.8, 4) is 0 Å². The molecule has 0 saturated carbocycles. The average Bonchev–Trinajstić information content (AvgIpc) is 2.93. The summed E-state index contributed by atoms with van der Waals surface area (Å²) in [5.74, 6) is 1.13. The first kappa shape index (κ1) is 11.5. The van der Waals surface area contributed by atoms with Crippen molar-refractivity contribution in [3.63, 3.8) is 0 Å². The summed E-state index contributed by atoms with van der Waals surface area (Å²) in [4.78, 5) is 14.4. The van der Waals surface area contributed by atoms with E-state index in [-0.39, 0.29) is 12.0 Å². The van der Waals surface area contributed by atoms with Crippen LogP contribution in [0.2, 0.25) is 0 Å². The molecule has 4 heteroatoms. The standard InChI is InChI=1S/C13H22N2O2/c1-9-5-11(8-17-9)13(16)15-6-10-3-2-4-14-12(10)7-15/h9-12,14H,2-8H2,1H3. The van der Waals surface area contributed by atoms with Gasteiger partial charge in [-0.2, -0.15) is 0 Å². The summed E-state index contributed by atoms with van der Waals surface area (Å²) in [5.41, 5.74) is 0. The second kappa shape index (κ2) is 4.58. The first-order valence-electron chi connectivity index (χ1n) is 6.88. The minimum absolute atomic E-state index is 0.116. The van der Waals surface area contributed by atoms with E-state index in [1.807, 2.05) is 0 Å². The van der Waals surface area contributed by atoms with Gasteiger partial charge in [-0.1, -0.05) is 0 Å². The number of rotatable bonds is 1.